The van der Waals surface area contributed by atoms with Gasteiger partial charge in [-0.25, -0.2) is 9.97 Å². The van der Waals surface area contributed by atoms with E-state index < -0.39 is 5.41 Å². The van der Waals surface area contributed by atoms with Crippen molar-refractivity contribution in [3.05, 3.63) is 83.8 Å². The van der Waals surface area contributed by atoms with Gasteiger partial charge in [0.1, 0.15) is 5.69 Å². The SMILES string of the molecule is CNC(=O)c1cc(-c2ccnc(-c3cc(NC(=O)c4ccnc(C(C)(C)C#N)c4)cnc3C)n2)ccn1. The summed E-state index contributed by atoms with van der Waals surface area (Å²) >= 11 is 0. The second-order valence-electron chi connectivity index (χ2n) is 8.75. The topological polar surface area (TPSA) is 146 Å². The maximum Gasteiger partial charge on any atom is 0.269 e. The van der Waals surface area contributed by atoms with Crippen LogP contribution < -0.4 is 10.6 Å². The van der Waals surface area contributed by atoms with Crippen molar-refractivity contribution in [2.24, 2.45) is 0 Å². The minimum absolute atomic E-state index is 0.278. The Hall–Kier alpha value is -5.04. The molecule has 0 atom stereocenters. The van der Waals surface area contributed by atoms with Gasteiger partial charge in [0.25, 0.3) is 11.8 Å². The molecule has 2 N–H and O–H groups in total. The van der Waals surface area contributed by atoms with Crippen LogP contribution in [0.5, 0.6) is 0 Å². The zero-order valence-electron chi connectivity index (χ0n) is 20.8. The molecule has 0 aliphatic carbocycles. The van der Waals surface area contributed by atoms with Crippen molar-refractivity contribution in [1.29, 1.82) is 5.26 Å². The Bertz CT molecular complexity index is 1540. The van der Waals surface area contributed by atoms with Crippen LogP contribution >= 0.6 is 0 Å². The summed E-state index contributed by atoms with van der Waals surface area (Å²) in [6.45, 7) is 5.31. The average Bonchev–Trinajstić information content (AvgIpc) is 2.93. The number of aryl methyl sites for hydroxylation is 1. The lowest BCUT2D eigenvalue weighted by atomic mass is 9.90. The van der Waals surface area contributed by atoms with Crippen LogP contribution in [0.4, 0.5) is 5.69 Å². The molecule has 4 rings (SSSR count). The van der Waals surface area contributed by atoms with Gasteiger partial charge in [0.05, 0.1) is 34.8 Å². The number of aromatic nitrogens is 5. The van der Waals surface area contributed by atoms with Gasteiger partial charge in [-0.2, -0.15) is 5.26 Å². The summed E-state index contributed by atoms with van der Waals surface area (Å²) in [6, 6.07) is 12.3. The van der Waals surface area contributed by atoms with Crippen LogP contribution in [0.15, 0.2) is 61.2 Å². The standard InChI is InChI=1S/C27H24N8O2/c1-16-20(24-32-10-7-21(35-24)17-5-8-30-22(11-17)26(37)29-4)13-19(14-33-16)34-25(36)18-6-9-31-23(12-18)27(2,3)15-28/h5-14H,1-4H3,(H,29,37)(H,34,36). The van der Waals surface area contributed by atoms with Crippen LogP contribution in [0.3, 0.4) is 0 Å². The Labute approximate surface area is 213 Å². The highest BCUT2D eigenvalue weighted by Crippen LogP contribution is 2.26. The van der Waals surface area contributed by atoms with Crippen LogP contribution in [0.1, 0.15) is 46.1 Å². The van der Waals surface area contributed by atoms with Crippen LogP contribution in [0.25, 0.3) is 22.6 Å². The highest BCUT2D eigenvalue weighted by Gasteiger charge is 2.23. The van der Waals surface area contributed by atoms with Gasteiger partial charge < -0.3 is 10.6 Å². The van der Waals surface area contributed by atoms with Crippen molar-refractivity contribution >= 4 is 17.5 Å². The van der Waals surface area contributed by atoms with E-state index in [0.29, 0.717) is 45.3 Å². The van der Waals surface area contributed by atoms with Gasteiger partial charge >= 0.3 is 0 Å². The number of amides is 2. The summed E-state index contributed by atoms with van der Waals surface area (Å²) in [5.41, 5.74) is 3.43. The number of anilines is 1. The van der Waals surface area contributed by atoms with Crippen molar-refractivity contribution < 1.29 is 9.59 Å². The molecule has 4 aromatic rings. The van der Waals surface area contributed by atoms with Crippen molar-refractivity contribution in [1.82, 2.24) is 30.2 Å². The lowest BCUT2D eigenvalue weighted by Gasteiger charge is -2.15. The van der Waals surface area contributed by atoms with E-state index >= 15 is 0 Å². The second-order valence-corrected chi connectivity index (χ2v) is 8.75. The van der Waals surface area contributed by atoms with Gasteiger partial charge in [0, 0.05) is 48.0 Å². The fraction of sp³-hybridized carbons (Fsp3) is 0.185. The summed E-state index contributed by atoms with van der Waals surface area (Å²) in [4.78, 5) is 46.7. The minimum atomic E-state index is -0.826. The number of nitrogens with one attached hydrogen (secondary N) is 2. The van der Waals surface area contributed by atoms with E-state index in [-0.39, 0.29) is 17.5 Å². The number of carbonyl (C=O) groups excluding carboxylic acids is 2. The van der Waals surface area contributed by atoms with E-state index in [9.17, 15) is 14.9 Å². The summed E-state index contributed by atoms with van der Waals surface area (Å²) in [6.07, 6.45) is 6.24. The third kappa shape index (κ3) is 5.46. The number of pyridine rings is 3. The molecular formula is C27H24N8O2. The zero-order chi connectivity index (χ0) is 26.6. The Balaban J connectivity index is 1.63. The number of hydrogen-bond donors (Lipinski definition) is 2. The molecule has 2 amide bonds. The molecule has 10 nitrogen and oxygen atoms in total. The second kappa shape index (κ2) is 10.3. The van der Waals surface area contributed by atoms with Crippen LogP contribution in [-0.4, -0.2) is 43.8 Å². The molecule has 0 saturated carbocycles. The van der Waals surface area contributed by atoms with Crippen molar-refractivity contribution in [2.75, 3.05) is 12.4 Å². The zero-order valence-corrected chi connectivity index (χ0v) is 20.8. The molecule has 4 heterocycles. The molecule has 0 aromatic carbocycles. The van der Waals surface area contributed by atoms with Gasteiger partial charge in [0.2, 0.25) is 0 Å². The predicted octanol–water partition coefficient (Wildman–Crippen LogP) is 3.72. The van der Waals surface area contributed by atoms with E-state index in [1.165, 1.54) is 6.20 Å². The first-order valence-electron chi connectivity index (χ1n) is 11.4. The molecule has 0 spiro atoms. The molecule has 0 aliphatic rings. The average molecular weight is 493 g/mol. The lowest BCUT2D eigenvalue weighted by Crippen LogP contribution is -2.19. The number of carbonyl (C=O) groups is 2. The first-order chi connectivity index (χ1) is 17.7. The molecular weight excluding hydrogens is 468 g/mol. The molecule has 184 valence electrons. The predicted molar refractivity (Wildman–Crippen MR) is 137 cm³/mol. The van der Waals surface area contributed by atoms with Crippen molar-refractivity contribution in [3.8, 4) is 28.7 Å². The molecule has 0 fully saturated rings. The summed E-state index contributed by atoms with van der Waals surface area (Å²) < 4.78 is 0. The molecule has 0 saturated heterocycles. The molecule has 0 bridgehead atoms. The fourth-order valence-electron chi connectivity index (χ4n) is 3.49. The fourth-order valence-corrected chi connectivity index (χ4v) is 3.49. The summed E-state index contributed by atoms with van der Waals surface area (Å²) in [7, 11) is 1.54. The van der Waals surface area contributed by atoms with E-state index in [4.69, 9.17) is 0 Å². The number of nitriles is 1. The van der Waals surface area contributed by atoms with E-state index in [2.05, 4.69) is 41.6 Å². The monoisotopic (exact) mass is 492 g/mol. The quantitative estimate of drug-likeness (QED) is 0.414. The normalized spacial score (nSPS) is 10.9. The Morgan fingerprint density at radius 1 is 0.946 bits per heavy atom. The molecule has 4 aromatic heterocycles. The largest absolute Gasteiger partial charge is 0.354 e. The summed E-state index contributed by atoms with van der Waals surface area (Å²) in [5, 5.41) is 14.8. The van der Waals surface area contributed by atoms with Crippen molar-refractivity contribution in [3.63, 3.8) is 0 Å². The van der Waals surface area contributed by atoms with Gasteiger partial charge in [-0.15, -0.1) is 0 Å². The highest BCUT2D eigenvalue weighted by molar-refractivity contribution is 6.04. The van der Waals surface area contributed by atoms with E-state index in [1.807, 2.05) is 6.92 Å². The van der Waals surface area contributed by atoms with E-state index in [0.717, 1.165) is 0 Å². The smallest absolute Gasteiger partial charge is 0.269 e. The highest BCUT2D eigenvalue weighted by atomic mass is 16.2. The first kappa shape index (κ1) is 25.1. The third-order valence-electron chi connectivity index (χ3n) is 5.70. The number of nitrogens with zero attached hydrogens (tertiary/aromatic N) is 6. The van der Waals surface area contributed by atoms with Gasteiger partial charge in [-0.1, -0.05) is 0 Å². The molecule has 0 unspecified atom stereocenters. The molecule has 37 heavy (non-hydrogen) atoms. The molecule has 0 aliphatic heterocycles. The minimum Gasteiger partial charge on any atom is -0.354 e. The molecule has 10 heteroatoms. The third-order valence-corrected chi connectivity index (χ3v) is 5.70. The maximum absolute atomic E-state index is 12.9. The van der Waals surface area contributed by atoms with Gasteiger partial charge in [-0.05, 0) is 57.2 Å². The molecule has 0 radical (unpaired) electrons. The Morgan fingerprint density at radius 3 is 2.46 bits per heavy atom. The van der Waals surface area contributed by atoms with Crippen LogP contribution in [0, 0.1) is 18.3 Å². The van der Waals surface area contributed by atoms with Crippen LogP contribution in [0.2, 0.25) is 0 Å². The number of rotatable bonds is 6. The first-order valence-corrected chi connectivity index (χ1v) is 11.4. The summed E-state index contributed by atoms with van der Waals surface area (Å²) in [5.74, 6) is -0.238. The Kier molecular flexibility index (Phi) is 6.97. The van der Waals surface area contributed by atoms with Crippen LogP contribution in [-0.2, 0) is 5.41 Å². The Morgan fingerprint density at radius 2 is 1.70 bits per heavy atom. The number of hydrogen-bond acceptors (Lipinski definition) is 8. The maximum atomic E-state index is 12.9. The van der Waals surface area contributed by atoms with Crippen molar-refractivity contribution in [2.45, 2.75) is 26.2 Å². The van der Waals surface area contributed by atoms with E-state index in [1.54, 1.807) is 75.9 Å². The van der Waals surface area contributed by atoms with Gasteiger partial charge in [0.15, 0.2) is 5.82 Å². The van der Waals surface area contributed by atoms with Gasteiger partial charge in [-0.3, -0.25) is 24.5 Å². The lowest BCUT2D eigenvalue weighted by molar-refractivity contribution is 0.0957.